The number of benzene rings is 2. The summed E-state index contributed by atoms with van der Waals surface area (Å²) >= 11 is 6.01. The van der Waals surface area contributed by atoms with E-state index in [1.165, 1.54) is 0 Å². The summed E-state index contributed by atoms with van der Waals surface area (Å²) in [4.78, 5) is 4.42. The van der Waals surface area contributed by atoms with Crippen molar-refractivity contribution in [3.63, 3.8) is 0 Å². The fourth-order valence-electron chi connectivity index (χ4n) is 1.81. The minimum Gasteiger partial charge on any atom is -0.494 e. The van der Waals surface area contributed by atoms with Crippen LogP contribution < -0.4 is 9.47 Å². The Labute approximate surface area is 135 Å². The predicted molar refractivity (Wildman–Crippen MR) is 90.6 cm³/mol. The number of aliphatic imine (C=N–C) groups is 1. The lowest BCUT2D eigenvalue weighted by atomic mass is 10.2. The number of hydrogen-bond donors (Lipinski definition) is 0. The van der Waals surface area contributed by atoms with Crippen LogP contribution in [0.4, 0.5) is 5.69 Å². The van der Waals surface area contributed by atoms with Gasteiger partial charge in [-0.2, -0.15) is 0 Å². The molecule has 2 rings (SSSR count). The number of hydrogen-bond acceptors (Lipinski definition) is 3. The fraction of sp³-hybridized carbons (Fsp3) is 0.167. The first kappa shape index (κ1) is 15.9. The van der Waals surface area contributed by atoms with E-state index >= 15 is 0 Å². The Morgan fingerprint density at radius 3 is 2.64 bits per heavy atom. The second-order valence-electron chi connectivity index (χ2n) is 4.36. The van der Waals surface area contributed by atoms with E-state index in [1.807, 2.05) is 31.2 Å². The summed E-state index contributed by atoms with van der Waals surface area (Å²) in [5, 5.41) is 0.612. The van der Waals surface area contributed by atoms with Crippen LogP contribution >= 0.6 is 11.6 Å². The van der Waals surface area contributed by atoms with Crippen LogP contribution in [0.2, 0.25) is 5.02 Å². The summed E-state index contributed by atoms with van der Waals surface area (Å²) in [7, 11) is 0. The summed E-state index contributed by atoms with van der Waals surface area (Å²) in [6.45, 7) is 2.79. The van der Waals surface area contributed by atoms with Crippen molar-refractivity contribution >= 4 is 23.5 Å². The van der Waals surface area contributed by atoms with Gasteiger partial charge in [-0.3, -0.25) is 4.99 Å². The molecule has 4 heteroatoms. The van der Waals surface area contributed by atoms with Crippen LogP contribution in [-0.2, 0) is 0 Å². The molecule has 0 radical (unpaired) electrons. The maximum atomic E-state index is 6.01. The lowest BCUT2D eigenvalue weighted by Gasteiger charge is -2.06. The SMILES string of the molecule is C#CCOc1ccc(Cl)cc1C=Nc1ccc(OCC)cc1. The molecule has 0 heterocycles. The van der Waals surface area contributed by atoms with Crippen molar-refractivity contribution < 1.29 is 9.47 Å². The fourth-order valence-corrected chi connectivity index (χ4v) is 1.99. The average molecular weight is 314 g/mol. The molecule has 2 aromatic rings. The summed E-state index contributed by atoms with van der Waals surface area (Å²) < 4.78 is 10.9. The highest BCUT2D eigenvalue weighted by atomic mass is 35.5. The highest BCUT2D eigenvalue weighted by Crippen LogP contribution is 2.23. The number of halogens is 1. The van der Waals surface area contributed by atoms with Crippen LogP contribution in [0.15, 0.2) is 47.5 Å². The van der Waals surface area contributed by atoms with Crippen molar-refractivity contribution in [3.8, 4) is 23.8 Å². The van der Waals surface area contributed by atoms with E-state index in [0.29, 0.717) is 17.4 Å². The van der Waals surface area contributed by atoms with Gasteiger partial charge in [-0.15, -0.1) is 6.42 Å². The van der Waals surface area contributed by atoms with Crippen LogP contribution in [-0.4, -0.2) is 19.4 Å². The molecule has 0 spiro atoms. The molecule has 0 fully saturated rings. The van der Waals surface area contributed by atoms with Crippen molar-refractivity contribution in [1.29, 1.82) is 0 Å². The Hall–Kier alpha value is -2.44. The number of ether oxygens (including phenoxy) is 2. The normalized spacial score (nSPS) is 10.4. The van der Waals surface area contributed by atoms with Gasteiger partial charge in [-0.05, 0) is 49.4 Å². The first-order chi connectivity index (χ1) is 10.7. The molecule has 0 unspecified atom stereocenters. The number of rotatable bonds is 6. The van der Waals surface area contributed by atoms with Gasteiger partial charge in [0.15, 0.2) is 0 Å². The van der Waals surface area contributed by atoms with Crippen LogP contribution in [0.3, 0.4) is 0 Å². The zero-order valence-corrected chi connectivity index (χ0v) is 13.0. The van der Waals surface area contributed by atoms with Gasteiger partial charge in [0.05, 0.1) is 12.3 Å². The largest absolute Gasteiger partial charge is 0.494 e. The third kappa shape index (κ3) is 4.54. The highest BCUT2D eigenvalue weighted by molar-refractivity contribution is 6.30. The molecule has 0 saturated carbocycles. The lowest BCUT2D eigenvalue weighted by Crippen LogP contribution is -1.97. The molecule has 0 amide bonds. The molecule has 2 aromatic carbocycles. The topological polar surface area (TPSA) is 30.8 Å². The second kappa shape index (κ2) is 8.11. The molecule has 22 heavy (non-hydrogen) atoms. The van der Waals surface area contributed by atoms with E-state index in [-0.39, 0.29) is 6.61 Å². The first-order valence-corrected chi connectivity index (χ1v) is 7.23. The van der Waals surface area contributed by atoms with Crippen molar-refractivity contribution in [2.24, 2.45) is 4.99 Å². The van der Waals surface area contributed by atoms with Crippen LogP contribution in [0.25, 0.3) is 0 Å². The maximum Gasteiger partial charge on any atom is 0.148 e. The average Bonchev–Trinajstić information content (AvgIpc) is 2.53. The molecule has 0 aliphatic rings. The van der Waals surface area contributed by atoms with Gasteiger partial charge < -0.3 is 9.47 Å². The summed E-state index contributed by atoms with van der Waals surface area (Å²) in [5.41, 5.74) is 1.59. The summed E-state index contributed by atoms with van der Waals surface area (Å²) in [6.07, 6.45) is 6.92. The predicted octanol–water partition coefficient (Wildman–Crippen LogP) is 4.50. The van der Waals surface area contributed by atoms with Crippen LogP contribution in [0.1, 0.15) is 12.5 Å². The first-order valence-electron chi connectivity index (χ1n) is 6.85. The Balaban J connectivity index is 2.18. The van der Waals surface area contributed by atoms with E-state index in [1.54, 1.807) is 24.4 Å². The van der Waals surface area contributed by atoms with Crippen LogP contribution in [0.5, 0.6) is 11.5 Å². The van der Waals surface area contributed by atoms with Crippen molar-refractivity contribution in [3.05, 3.63) is 53.1 Å². The second-order valence-corrected chi connectivity index (χ2v) is 4.80. The number of nitrogens with zero attached hydrogens (tertiary/aromatic N) is 1. The van der Waals surface area contributed by atoms with E-state index in [9.17, 15) is 0 Å². The highest BCUT2D eigenvalue weighted by Gasteiger charge is 2.02. The molecule has 0 N–H and O–H groups in total. The molecule has 3 nitrogen and oxygen atoms in total. The maximum absolute atomic E-state index is 6.01. The molecule has 0 aromatic heterocycles. The van der Waals surface area contributed by atoms with E-state index in [0.717, 1.165) is 17.0 Å². The molecule has 0 atom stereocenters. The monoisotopic (exact) mass is 313 g/mol. The van der Waals surface area contributed by atoms with Gasteiger partial charge in [0.25, 0.3) is 0 Å². The number of terminal acetylenes is 1. The van der Waals surface area contributed by atoms with Crippen LogP contribution in [0, 0.1) is 12.3 Å². The van der Waals surface area contributed by atoms with E-state index in [4.69, 9.17) is 27.5 Å². The van der Waals surface area contributed by atoms with Gasteiger partial charge in [-0.25, -0.2) is 0 Å². The standard InChI is InChI=1S/C18H16ClNO2/c1-3-11-22-18-10-5-15(19)12-14(18)13-20-16-6-8-17(9-7-16)21-4-2/h1,5-10,12-13H,4,11H2,2H3. The zero-order valence-electron chi connectivity index (χ0n) is 12.3. The van der Waals surface area contributed by atoms with Gasteiger partial charge >= 0.3 is 0 Å². The minimum absolute atomic E-state index is 0.200. The Morgan fingerprint density at radius 2 is 1.95 bits per heavy atom. The van der Waals surface area contributed by atoms with Gasteiger partial charge in [-0.1, -0.05) is 17.5 Å². The molecule has 0 aliphatic carbocycles. The van der Waals surface area contributed by atoms with Crippen molar-refractivity contribution in [2.45, 2.75) is 6.92 Å². The third-order valence-corrected chi connectivity index (χ3v) is 3.02. The lowest BCUT2D eigenvalue weighted by molar-refractivity contribution is 0.340. The van der Waals surface area contributed by atoms with E-state index < -0.39 is 0 Å². The third-order valence-electron chi connectivity index (χ3n) is 2.78. The minimum atomic E-state index is 0.200. The summed E-state index contributed by atoms with van der Waals surface area (Å²) in [5.74, 6) is 3.91. The smallest absolute Gasteiger partial charge is 0.148 e. The molecule has 112 valence electrons. The molecular formula is C18H16ClNO2. The molecule has 0 saturated heterocycles. The van der Waals surface area contributed by atoms with Crippen molar-refractivity contribution in [1.82, 2.24) is 0 Å². The van der Waals surface area contributed by atoms with E-state index in [2.05, 4.69) is 10.9 Å². The van der Waals surface area contributed by atoms with Gasteiger partial charge in [0.2, 0.25) is 0 Å². The zero-order chi connectivity index (χ0) is 15.8. The van der Waals surface area contributed by atoms with Crippen molar-refractivity contribution in [2.75, 3.05) is 13.2 Å². The van der Waals surface area contributed by atoms with Gasteiger partial charge in [0, 0.05) is 16.8 Å². The Bertz CT molecular complexity index is 687. The quantitative estimate of drug-likeness (QED) is 0.580. The molecular weight excluding hydrogens is 298 g/mol. The molecule has 0 bridgehead atoms. The van der Waals surface area contributed by atoms with Gasteiger partial charge in [0.1, 0.15) is 18.1 Å². The Kier molecular flexibility index (Phi) is 5.88. The Morgan fingerprint density at radius 1 is 1.18 bits per heavy atom. The summed E-state index contributed by atoms with van der Waals surface area (Å²) in [6, 6.07) is 12.8. The molecule has 0 aliphatic heterocycles.